The van der Waals surface area contributed by atoms with Crippen LogP contribution in [-0.2, 0) is 28.8 Å². The molecule has 0 fully saturated rings. The normalized spacial score (nSPS) is 14.7. The van der Waals surface area contributed by atoms with Crippen LogP contribution in [0.3, 0.4) is 0 Å². The number of nitrogens with two attached hydrogens (primary N) is 1. The summed E-state index contributed by atoms with van der Waals surface area (Å²) in [6.07, 6.45) is -1.48. The minimum Gasteiger partial charge on any atom is -0.481 e. The second-order valence-corrected chi connectivity index (χ2v) is 8.12. The summed E-state index contributed by atoms with van der Waals surface area (Å²) >= 11 is 0. The molecule has 13 heteroatoms. The third-order valence-corrected chi connectivity index (χ3v) is 4.31. The summed E-state index contributed by atoms with van der Waals surface area (Å²) in [6.45, 7) is 6.69. The molecule has 0 aliphatic carbocycles. The largest absolute Gasteiger partial charge is 0.481 e. The number of carboxylic acids is 3. The Morgan fingerprint density at radius 3 is 1.59 bits per heavy atom. The predicted molar refractivity (Wildman–Crippen MR) is 110 cm³/mol. The van der Waals surface area contributed by atoms with Crippen LogP contribution in [0.25, 0.3) is 0 Å². The summed E-state index contributed by atoms with van der Waals surface area (Å²) in [4.78, 5) is 70.6. The van der Waals surface area contributed by atoms with Crippen molar-refractivity contribution >= 4 is 35.6 Å². The Hall–Kier alpha value is -3.22. The summed E-state index contributed by atoms with van der Waals surface area (Å²) in [6, 6.07) is -5.57. The fraction of sp³-hybridized carbons (Fsp3) is 0.684. The van der Waals surface area contributed by atoms with Crippen LogP contribution in [0, 0.1) is 11.8 Å². The highest BCUT2D eigenvalue weighted by atomic mass is 16.4. The van der Waals surface area contributed by atoms with Gasteiger partial charge in [0.2, 0.25) is 17.7 Å². The molecule has 0 aromatic heterocycles. The van der Waals surface area contributed by atoms with Crippen LogP contribution in [-0.4, -0.2) is 75.1 Å². The molecular formula is C19H32N4O9. The Bertz CT molecular complexity index is 724. The number of nitrogens with one attached hydrogen (secondary N) is 3. The minimum atomic E-state index is -1.64. The van der Waals surface area contributed by atoms with Gasteiger partial charge in [-0.25, -0.2) is 4.79 Å². The summed E-state index contributed by atoms with van der Waals surface area (Å²) in [5, 5.41) is 33.8. The van der Waals surface area contributed by atoms with Gasteiger partial charge in [-0.2, -0.15) is 0 Å². The third-order valence-electron chi connectivity index (χ3n) is 4.31. The van der Waals surface area contributed by atoms with E-state index in [1.807, 2.05) is 0 Å². The lowest BCUT2D eigenvalue weighted by molar-refractivity contribution is -0.144. The van der Waals surface area contributed by atoms with Crippen LogP contribution >= 0.6 is 0 Å². The van der Waals surface area contributed by atoms with E-state index in [2.05, 4.69) is 16.0 Å². The zero-order valence-corrected chi connectivity index (χ0v) is 18.5. The Labute approximate surface area is 185 Å². The van der Waals surface area contributed by atoms with Gasteiger partial charge in [0.15, 0.2) is 0 Å². The number of rotatable bonds is 14. The number of aliphatic carboxylic acids is 3. The highest BCUT2D eigenvalue weighted by Gasteiger charge is 2.32. The van der Waals surface area contributed by atoms with Crippen molar-refractivity contribution in [2.24, 2.45) is 17.6 Å². The van der Waals surface area contributed by atoms with Gasteiger partial charge in [0, 0.05) is 0 Å². The Morgan fingerprint density at radius 2 is 1.19 bits per heavy atom. The van der Waals surface area contributed by atoms with Crippen molar-refractivity contribution in [1.82, 2.24) is 16.0 Å². The van der Waals surface area contributed by atoms with Gasteiger partial charge >= 0.3 is 17.9 Å². The molecule has 4 unspecified atom stereocenters. The van der Waals surface area contributed by atoms with E-state index in [1.54, 1.807) is 27.7 Å². The maximum atomic E-state index is 12.7. The molecular weight excluding hydrogens is 428 g/mol. The standard InChI is InChI=1S/C19H32N4O9/c1-8(2)5-11(18(30)23-15(9(3)4)19(31)32)22-17(29)12(7-14(26)27)21-16(28)10(20)6-13(24)25/h8-12,15H,5-7,20H2,1-4H3,(H,21,28)(H,22,29)(H,23,30)(H,24,25)(H,26,27)(H,31,32). The van der Waals surface area contributed by atoms with E-state index in [0.717, 1.165) is 0 Å². The topological polar surface area (TPSA) is 225 Å². The fourth-order valence-corrected chi connectivity index (χ4v) is 2.69. The minimum absolute atomic E-state index is 0.105. The van der Waals surface area contributed by atoms with E-state index in [1.165, 1.54) is 0 Å². The van der Waals surface area contributed by atoms with Gasteiger partial charge in [0.1, 0.15) is 18.1 Å². The lowest BCUT2D eigenvalue weighted by Crippen LogP contribution is -2.58. The fourth-order valence-electron chi connectivity index (χ4n) is 2.69. The van der Waals surface area contributed by atoms with Gasteiger partial charge in [-0.05, 0) is 18.3 Å². The van der Waals surface area contributed by atoms with Gasteiger partial charge in [-0.3, -0.25) is 24.0 Å². The second-order valence-electron chi connectivity index (χ2n) is 8.12. The first-order valence-electron chi connectivity index (χ1n) is 9.98. The number of carbonyl (C=O) groups excluding carboxylic acids is 3. The highest BCUT2D eigenvalue weighted by molar-refractivity contribution is 5.96. The maximum absolute atomic E-state index is 12.7. The van der Waals surface area contributed by atoms with Crippen LogP contribution < -0.4 is 21.7 Å². The zero-order valence-electron chi connectivity index (χ0n) is 18.5. The Morgan fingerprint density at radius 1 is 0.719 bits per heavy atom. The van der Waals surface area contributed by atoms with Gasteiger partial charge in [-0.1, -0.05) is 27.7 Å². The van der Waals surface area contributed by atoms with Crippen LogP contribution in [0.2, 0.25) is 0 Å². The second kappa shape index (κ2) is 13.2. The summed E-state index contributed by atoms with van der Waals surface area (Å²) in [5.74, 6) is -7.45. The van der Waals surface area contributed by atoms with Crippen molar-refractivity contribution in [3.8, 4) is 0 Å². The average Bonchev–Trinajstić information content (AvgIpc) is 2.62. The number of hydrogen-bond donors (Lipinski definition) is 7. The molecule has 8 N–H and O–H groups in total. The van der Waals surface area contributed by atoms with Gasteiger partial charge in [0.05, 0.1) is 18.9 Å². The molecule has 0 saturated heterocycles. The quantitative estimate of drug-likeness (QED) is 0.159. The van der Waals surface area contributed by atoms with Crippen molar-refractivity contribution in [3.05, 3.63) is 0 Å². The highest BCUT2D eigenvalue weighted by Crippen LogP contribution is 2.09. The van der Waals surface area contributed by atoms with E-state index in [0.29, 0.717) is 0 Å². The lowest BCUT2D eigenvalue weighted by atomic mass is 10.00. The third kappa shape index (κ3) is 10.7. The molecule has 0 saturated carbocycles. The van der Waals surface area contributed by atoms with E-state index in [4.69, 9.17) is 15.9 Å². The maximum Gasteiger partial charge on any atom is 0.326 e. The van der Waals surface area contributed by atoms with Gasteiger partial charge in [-0.15, -0.1) is 0 Å². The van der Waals surface area contributed by atoms with Crippen molar-refractivity contribution in [2.75, 3.05) is 0 Å². The number of amides is 3. The smallest absolute Gasteiger partial charge is 0.326 e. The molecule has 0 aliphatic heterocycles. The van der Waals surface area contributed by atoms with Crippen molar-refractivity contribution in [3.63, 3.8) is 0 Å². The van der Waals surface area contributed by atoms with Crippen molar-refractivity contribution < 1.29 is 44.1 Å². The lowest BCUT2D eigenvalue weighted by Gasteiger charge is -2.26. The van der Waals surface area contributed by atoms with E-state index < -0.39 is 78.6 Å². The molecule has 3 amide bonds. The average molecular weight is 460 g/mol. The molecule has 0 aromatic rings. The monoisotopic (exact) mass is 460 g/mol. The molecule has 0 bridgehead atoms. The molecule has 0 radical (unpaired) electrons. The predicted octanol–water partition coefficient (Wildman–Crippen LogP) is -1.50. The molecule has 0 spiro atoms. The number of carboxylic acid groups (broad SMARTS) is 3. The Balaban J connectivity index is 5.53. The van der Waals surface area contributed by atoms with Gasteiger partial charge in [0.25, 0.3) is 0 Å². The van der Waals surface area contributed by atoms with Crippen LogP contribution in [0.5, 0.6) is 0 Å². The van der Waals surface area contributed by atoms with E-state index in [-0.39, 0.29) is 12.3 Å². The Kier molecular flexibility index (Phi) is 11.9. The first kappa shape index (κ1) is 28.8. The van der Waals surface area contributed by atoms with Crippen LogP contribution in [0.1, 0.15) is 47.0 Å². The number of carbonyl (C=O) groups is 6. The molecule has 182 valence electrons. The molecule has 0 aliphatic rings. The van der Waals surface area contributed by atoms with Crippen LogP contribution in [0.15, 0.2) is 0 Å². The molecule has 0 rings (SSSR count). The SMILES string of the molecule is CC(C)CC(NC(=O)C(CC(=O)O)NC(=O)C(N)CC(=O)O)C(=O)NC(C(=O)O)C(C)C. The first-order valence-corrected chi connectivity index (χ1v) is 9.98. The molecule has 32 heavy (non-hydrogen) atoms. The van der Waals surface area contributed by atoms with Crippen molar-refractivity contribution in [1.29, 1.82) is 0 Å². The first-order chi connectivity index (χ1) is 14.6. The molecule has 0 heterocycles. The van der Waals surface area contributed by atoms with E-state index >= 15 is 0 Å². The molecule has 4 atom stereocenters. The van der Waals surface area contributed by atoms with Crippen LogP contribution in [0.4, 0.5) is 0 Å². The van der Waals surface area contributed by atoms with Gasteiger partial charge < -0.3 is 37.0 Å². The zero-order chi connectivity index (χ0) is 25.2. The summed E-state index contributed by atoms with van der Waals surface area (Å²) in [7, 11) is 0. The van der Waals surface area contributed by atoms with Crippen molar-refractivity contribution in [2.45, 2.75) is 71.1 Å². The molecule has 0 aromatic carbocycles. The van der Waals surface area contributed by atoms with E-state index in [9.17, 15) is 33.9 Å². The molecule has 13 nitrogen and oxygen atoms in total. The number of hydrogen-bond acceptors (Lipinski definition) is 7. The summed E-state index contributed by atoms with van der Waals surface area (Å²) in [5.41, 5.74) is 5.43. The summed E-state index contributed by atoms with van der Waals surface area (Å²) < 4.78 is 0.